The van der Waals surface area contributed by atoms with Crippen molar-refractivity contribution in [2.24, 2.45) is 0 Å². The third-order valence-corrected chi connectivity index (χ3v) is 4.78. The van der Waals surface area contributed by atoms with Gasteiger partial charge in [-0.25, -0.2) is 9.97 Å². The van der Waals surface area contributed by atoms with Crippen molar-refractivity contribution in [3.63, 3.8) is 0 Å². The first-order valence-corrected chi connectivity index (χ1v) is 8.38. The Kier molecular flexibility index (Phi) is 3.79. The van der Waals surface area contributed by atoms with Crippen molar-refractivity contribution in [1.82, 2.24) is 19.9 Å². The van der Waals surface area contributed by atoms with Crippen LogP contribution in [0.15, 0.2) is 30.6 Å². The molecule has 3 aromatic rings. The molecule has 0 saturated heterocycles. The van der Waals surface area contributed by atoms with Gasteiger partial charge in [0.05, 0.1) is 0 Å². The molecule has 1 N–H and O–H groups in total. The van der Waals surface area contributed by atoms with Gasteiger partial charge in [-0.2, -0.15) is 0 Å². The van der Waals surface area contributed by atoms with Crippen molar-refractivity contribution in [2.45, 2.75) is 32.9 Å². The van der Waals surface area contributed by atoms with Crippen LogP contribution in [0.5, 0.6) is 0 Å². The highest BCUT2D eigenvalue weighted by Crippen LogP contribution is 2.31. The first-order chi connectivity index (χ1) is 11.2. The highest BCUT2D eigenvalue weighted by atomic mass is 35.5. The largest absolute Gasteiger partial charge is 0.344 e. The number of hydrogen-bond donors (Lipinski definition) is 1. The average molecular weight is 327 g/mol. The van der Waals surface area contributed by atoms with E-state index in [4.69, 9.17) is 11.6 Å². The highest BCUT2D eigenvalue weighted by molar-refractivity contribution is 6.31. The third-order valence-electron chi connectivity index (χ3n) is 4.55. The van der Waals surface area contributed by atoms with Crippen molar-refractivity contribution in [2.75, 3.05) is 6.54 Å². The molecule has 0 radical (unpaired) electrons. The first kappa shape index (κ1) is 14.7. The SMILES string of the molecule is Cc1ncc(CCn2c3c(c4cc(Cl)ccc42)CNCC3)cn1. The molecular weight excluding hydrogens is 308 g/mol. The Bertz CT molecular complexity index is 852. The summed E-state index contributed by atoms with van der Waals surface area (Å²) in [4.78, 5) is 8.59. The van der Waals surface area contributed by atoms with E-state index >= 15 is 0 Å². The molecule has 118 valence electrons. The molecule has 0 atom stereocenters. The second-order valence-electron chi connectivity index (χ2n) is 6.05. The smallest absolute Gasteiger partial charge is 0.125 e. The fourth-order valence-corrected chi connectivity index (χ4v) is 3.57. The number of hydrogen-bond acceptors (Lipinski definition) is 3. The Morgan fingerprint density at radius 3 is 2.91 bits per heavy atom. The molecule has 1 aromatic carbocycles. The summed E-state index contributed by atoms with van der Waals surface area (Å²) in [5, 5.41) is 5.55. The Morgan fingerprint density at radius 1 is 1.26 bits per heavy atom. The molecule has 5 heteroatoms. The van der Waals surface area contributed by atoms with E-state index in [0.717, 1.165) is 43.3 Å². The molecule has 1 aliphatic rings. The van der Waals surface area contributed by atoms with Gasteiger partial charge in [-0.15, -0.1) is 0 Å². The number of rotatable bonds is 3. The molecule has 0 saturated carbocycles. The van der Waals surface area contributed by atoms with Gasteiger partial charge >= 0.3 is 0 Å². The van der Waals surface area contributed by atoms with Crippen LogP contribution in [-0.4, -0.2) is 21.1 Å². The van der Waals surface area contributed by atoms with E-state index in [9.17, 15) is 0 Å². The van der Waals surface area contributed by atoms with Crippen LogP contribution in [0.1, 0.15) is 22.6 Å². The number of fused-ring (bicyclic) bond motifs is 3. The van der Waals surface area contributed by atoms with Crippen LogP contribution >= 0.6 is 11.6 Å². The second kappa shape index (κ2) is 5.95. The number of nitrogens with one attached hydrogen (secondary N) is 1. The molecular formula is C18H19ClN4. The molecule has 1 aliphatic heterocycles. The maximum Gasteiger partial charge on any atom is 0.125 e. The van der Waals surface area contributed by atoms with E-state index < -0.39 is 0 Å². The van der Waals surface area contributed by atoms with Crippen LogP contribution in [0.4, 0.5) is 0 Å². The van der Waals surface area contributed by atoms with Gasteiger partial charge in [0.1, 0.15) is 5.82 Å². The molecule has 3 heterocycles. The molecule has 4 rings (SSSR count). The Morgan fingerprint density at radius 2 is 2.09 bits per heavy atom. The predicted octanol–water partition coefficient (Wildman–Crippen LogP) is 3.28. The van der Waals surface area contributed by atoms with Crippen LogP contribution < -0.4 is 5.32 Å². The number of aryl methyl sites for hydroxylation is 3. The van der Waals surface area contributed by atoms with Gasteiger partial charge in [-0.1, -0.05) is 11.6 Å². The van der Waals surface area contributed by atoms with Gasteiger partial charge in [-0.05, 0) is 42.7 Å². The second-order valence-corrected chi connectivity index (χ2v) is 6.49. The molecule has 0 amide bonds. The van der Waals surface area contributed by atoms with Gasteiger partial charge in [0.25, 0.3) is 0 Å². The third kappa shape index (κ3) is 2.73. The zero-order valence-electron chi connectivity index (χ0n) is 13.1. The minimum Gasteiger partial charge on any atom is -0.344 e. The monoisotopic (exact) mass is 326 g/mol. The lowest BCUT2D eigenvalue weighted by molar-refractivity contribution is 0.594. The van der Waals surface area contributed by atoms with E-state index in [1.54, 1.807) is 0 Å². The lowest BCUT2D eigenvalue weighted by atomic mass is 10.1. The summed E-state index contributed by atoms with van der Waals surface area (Å²) in [6.07, 6.45) is 5.86. The van der Waals surface area contributed by atoms with Crippen molar-refractivity contribution >= 4 is 22.5 Å². The van der Waals surface area contributed by atoms with Crippen LogP contribution in [0.3, 0.4) is 0 Å². The summed E-state index contributed by atoms with van der Waals surface area (Å²) in [6, 6.07) is 6.21. The maximum absolute atomic E-state index is 6.21. The fraction of sp³-hybridized carbons (Fsp3) is 0.333. The minimum atomic E-state index is 0.801. The van der Waals surface area contributed by atoms with E-state index in [1.165, 1.54) is 27.7 Å². The van der Waals surface area contributed by atoms with Crippen LogP contribution in [0.25, 0.3) is 10.9 Å². The lowest BCUT2D eigenvalue weighted by Crippen LogP contribution is -2.24. The van der Waals surface area contributed by atoms with Crippen LogP contribution in [0, 0.1) is 6.92 Å². The number of aromatic nitrogens is 3. The van der Waals surface area contributed by atoms with Crippen LogP contribution in [0.2, 0.25) is 5.02 Å². The van der Waals surface area contributed by atoms with Crippen LogP contribution in [-0.2, 0) is 25.9 Å². The Balaban J connectivity index is 1.72. The lowest BCUT2D eigenvalue weighted by Gasteiger charge is -2.17. The molecule has 0 fully saturated rings. The average Bonchev–Trinajstić information content (AvgIpc) is 2.88. The summed E-state index contributed by atoms with van der Waals surface area (Å²) >= 11 is 6.21. The van der Waals surface area contributed by atoms with Gasteiger partial charge < -0.3 is 9.88 Å². The topological polar surface area (TPSA) is 42.7 Å². The number of benzene rings is 1. The normalized spacial score (nSPS) is 14.2. The van der Waals surface area contributed by atoms with E-state index in [-0.39, 0.29) is 0 Å². The minimum absolute atomic E-state index is 0.801. The fourth-order valence-electron chi connectivity index (χ4n) is 3.40. The number of nitrogens with zero attached hydrogens (tertiary/aromatic N) is 3. The molecule has 23 heavy (non-hydrogen) atoms. The van der Waals surface area contributed by atoms with Gasteiger partial charge in [0.15, 0.2) is 0 Å². The maximum atomic E-state index is 6.21. The molecule has 4 nitrogen and oxygen atoms in total. The zero-order valence-corrected chi connectivity index (χ0v) is 13.9. The van der Waals surface area contributed by atoms with E-state index in [2.05, 4.69) is 32.0 Å². The summed E-state index contributed by atoms with van der Waals surface area (Å²) in [6.45, 7) is 4.81. The molecule has 0 aliphatic carbocycles. The highest BCUT2D eigenvalue weighted by Gasteiger charge is 2.19. The van der Waals surface area contributed by atoms with Crippen molar-refractivity contribution in [3.05, 3.63) is 58.3 Å². The van der Waals surface area contributed by atoms with Crippen molar-refractivity contribution in [1.29, 1.82) is 0 Å². The van der Waals surface area contributed by atoms with Crippen molar-refractivity contribution in [3.8, 4) is 0 Å². The summed E-state index contributed by atoms with van der Waals surface area (Å²) in [5.41, 5.74) is 5.29. The quantitative estimate of drug-likeness (QED) is 0.803. The number of halogens is 1. The van der Waals surface area contributed by atoms with Gasteiger partial charge in [-0.3, -0.25) is 0 Å². The van der Waals surface area contributed by atoms with E-state index in [0.29, 0.717) is 0 Å². The van der Waals surface area contributed by atoms with E-state index in [1.807, 2.05) is 25.4 Å². The summed E-state index contributed by atoms with van der Waals surface area (Å²) in [5.74, 6) is 0.818. The molecule has 0 bridgehead atoms. The summed E-state index contributed by atoms with van der Waals surface area (Å²) < 4.78 is 2.45. The first-order valence-electron chi connectivity index (χ1n) is 8.00. The molecule has 2 aromatic heterocycles. The van der Waals surface area contributed by atoms with Gasteiger partial charge in [0, 0.05) is 60.1 Å². The zero-order chi connectivity index (χ0) is 15.8. The Labute approximate surface area is 140 Å². The van der Waals surface area contributed by atoms with Gasteiger partial charge in [0.2, 0.25) is 0 Å². The predicted molar refractivity (Wildman–Crippen MR) is 92.8 cm³/mol. The standard InChI is InChI=1S/C18H19ClN4/c1-12-21-9-13(10-22-12)5-7-23-17-3-2-14(19)8-15(17)16-11-20-6-4-18(16)23/h2-3,8-10,20H,4-7,11H2,1H3. The Hall–Kier alpha value is -1.91. The summed E-state index contributed by atoms with van der Waals surface area (Å²) in [7, 11) is 0. The molecule has 0 unspecified atom stereocenters. The van der Waals surface area contributed by atoms with Crippen molar-refractivity contribution < 1.29 is 0 Å². The molecule has 0 spiro atoms.